The van der Waals surface area contributed by atoms with E-state index in [0.717, 1.165) is 0 Å². The summed E-state index contributed by atoms with van der Waals surface area (Å²) in [6, 6.07) is 6.81. The van der Waals surface area contributed by atoms with Crippen LogP contribution in [0.3, 0.4) is 0 Å². The summed E-state index contributed by atoms with van der Waals surface area (Å²) in [6.07, 6.45) is 5.25. The van der Waals surface area contributed by atoms with E-state index in [1.807, 2.05) is 4.40 Å². The molecule has 6 heteroatoms. The molecule has 1 aromatic carbocycles. The number of pyridine rings is 1. The lowest BCUT2D eigenvalue weighted by Gasteiger charge is -2.11. The van der Waals surface area contributed by atoms with Gasteiger partial charge >= 0.3 is 5.97 Å². The molecular formula is C15H10Cl2N2O2. The SMILES string of the molecule is COC(=O)c1cc2nccn2cc1-c1ccc(Cl)cc1Cl. The molecule has 2 heterocycles. The third-order valence-corrected chi connectivity index (χ3v) is 3.70. The van der Waals surface area contributed by atoms with E-state index in [4.69, 9.17) is 27.9 Å². The van der Waals surface area contributed by atoms with E-state index in [9.17, 15) is 4.79 Å². The largest absolute Gasteiger partial charge is 0.465 e. The molecule has 0 aliphatic rings. The Morgan fingerprint density at radius 2 is 2.05 bits per heavy atom. The van der Waals surface area contributed by atoms with Crippen LogP contribution in [0.2, 0.25) is 10.0 Å². The van der Waals surface area contributed by atoms with Gasteiger partial charge in [-0.3, -0.25) is 0 Å². The number of rotatable bonds is 2. The normalized spacial score (nSPS) is 10.8. The lowest BCUT2D eigenvalue weighted by molar-refractivity contribution is 0.0601. The molecule has 0 radical (unpaired) electrons. The van der Waals surface area contributed by atoms with Crippen molar-refractivity contribution in [2.24, 2.45) is 0 Å². The Morgan fingerprint density at radius 1 is 1.24 bits per heavy atom. The van der Waals surface area contributed by atoms with Crippen LogP contribution in [-0.2, 0) is 4.74 Å². The highest BCUT2D eigenvalue weighted by Gasteiger charge is 2.17. The topological polar surface area (TPSA) is 43.6 Å². The van der Waals surface area contributed by atoms with Crippen LogP contribution >= 0.6 is 23.2 Å². The van der Waals surface area contributed by atoms with Crippen molar-refractivity contribution in [1.82, 2.24) is 9.38 Å². The van der Waals surface area contributed by atoms with Crippen molar-refractivity contribution in [2.45, 2.75) is 0 Å². The number of halogens is 2. The lowest BCUT2D eigenvalue weighted by atomic mass is 10.0. The average Bonchev–Trinajstić information content (AvgIpc) is 2.92. The highest BCUT2D eigenvalue weighted by molar-refractivity contribution is 6.36. The molecule has 0 spiro atoms. The molecule has 0 aliphatic carbocycles. The third-order valence-electron chi connectivity index (χ3n) is 3.16. The van der Waals surface area contributed by atoms with Crippen LogP contribution in [0.15, 0.2) is 42.9 Å². The van der Waals surface area contributed by atoms with Gasteiger partial charge in [0.15, 0.2) is 0 Å². The number of aromatic nitrogens is 2. The zero-order valence-corrected chi connectivity index (χ0v) is 12.5. The number of nitrogens with zero attached hydrogens (tertiary/aromatic N) is 2. The van der Waals surface area contributed by atoms with Crippen molar-refractivity contribution in [1.29, 1.82) is 0 Å². The van der Waals surface area contributed by atoms with Gasteiger partial charge in [-0.1, -0.05) is 29.3 Å². The first kappa shape index (κ1) is 13.9. The van der Waals surface area contributed by atoms with Crippen molar-refractivity contribution in [3.8, 4) is 11.1 Å². The van der Waals surface area contributed by atoms with Gasteiger partial charge in [0.05, 0.1) is 12.7 Å². The molecule has 0 N–H and O–H groups in total. The van der Waals surface area contributed by atoms with Gasteiger partial charge in [0.25, 0.3) is 0 Å². The fraction of sp³-hybridized carbons (Fsp3) is 0.0667. The van der Waals surface area contributed by atoms with E-state index in [0.29, 0.717) is 32.4 Å². The van der Waals surface area contributed by atoms with Gasteiger partial charge in [0, 0.05) is 39.8 Å². The molecule has 106 valence electrons. The number of fused-ring (bicyclic) bond motifs is 1. The van der Waals surface area contributed by atoms with E-state index in [-0.39, 0.29) is 0 Å². The first-order valence-electron chi connectivity index (χ1n) is 6.10. The number of carbonyl (C=O) groups excluding carboxylic acids is 1. The molecule has 0 fully saturated rings. The fourth-order valence-corrected chi connectivity index (χ4v) is 2.67. The smallest absolute Gasteiger partial charge is 0.338 e. The molecule has 0 atom stereocenters. The van der Waals surface area contributed by atoms with Gasteiger partial charge in [-0.2, -0.15) is 0 Å². The minimum atomic E-state index is -0.443. The second kappa shape index (κ2) is 5.39. The Hall–Kier alpha value is -2.04. The Labute approximate surface area is 130 Å². The Balaban J connectivity index is 2.30. The van der Waals surface area contributed by atoms with E-state index < -0.39 is 5.97 Å². The molecule has 0 unspecified atom stereocenters. The van der Waals surface area contributed by atoms with Gasteiger partial charge in [-0.25, -0.2) is 9.78 Å². The highest BCUT2D eigenvalue weighted by Crippen LogP contribution is 2.33. The van der Waals surface area contributed by atoms with Crippen LogP contribution in [0.4, 0.5) is 0 Å². The number of esters is 1. The second-order valence-corrected chi connectivity index (χ2v) is 5.25. The molecule has 21 heavy (non-hydrogen) atoms. The lowest BCUT2D eigenvalue weighted by Crippen LogP contribution is -2.05. The maximum Gasteiger partial charge on any atom is 0.338 e. The molecule has 0 bridgehead atoms. The summed E-state index contributed by atoms with van der Waals surface area (Å²) in [4.78, 5) is 16.2. The van der Waals surface area contributed by atoms with E-state index in [1.54, 1.807) is 42.9 Å². The standard InChI is InChI=1S/C15H10Cl2N2O2/c1-21-15(20)11-7-14-18-4-5-19(14)8-12(11)10-3-2-9(16)6-13(10)17/h2-8H,1H3. The monoisotopic (exact) mass is 320 g/mol. The van der Waals surface area contributed by atoms with Crippen molar-refractivity contribution >= 4 is 34.8 Å². The Kier molecular flexibility index (Phi) is 3.57. The molecule has 0 saturated heterocycles. The fourth-order valence-electron chi connectivity index (χ4n) is 2.16. The predicted molar refractivity (Wildman–Crippen MR) is 82.0 cm³/mol. The first-order chi connectivity index (χ1) is 10.1. The third kappa shape index (κ3) is 2.48. The molecule has 0 amide bonds. The van der Waals surface area contributed by atoms with Crippen LogP contribution in [-0.4, -0.2) is 22.5 Å². The number of carbonyl (C=O) groups is 1. The Bertz CT molecular complexity index is 843. The predicted octanol–water partition coefficient (Wildman–Crippen LogP) is 4.09. The zero-order valence-electron chi connectivity index (χ0n) is 11.0. The van der Waals surface area contributed by atoms with Gasteiger partial charge in [-0.05, 0) is 18.2 Å². The van der Waals surface area contributed by atoms with Gasteiger partial charge < -0.3 is 9.14 Å². The molecule has 4 nitrogen and oxygen atoms in total. The maximum absolute atomic E-state index is 12.0. The number of ether oxygens (including phenoxy) is 1. The quantitative estimate of drug-likeness (QED) is 0.668. The number of hydrogen-bond acceptors (Lipinski definition) is 3. The average molecular weight is 321 g/mol. The number of methoxy groups -OCH3 is 1. The van der Waals surface area contributed by atoms with Crippen LogP contribution in [0, 0.1) is 0 Å². The summed E-state index contributed by atoms with van der Waals surface area (Å²) in [5.74, 6) is -0.443. The van der Waals surface area contributed by atoms with Crippen molar-refractivity contribution in [2.75, 3.05) is 7.11 Å². The van der Waals surface area contributed by atoms with E-state index >= 15 is 0 Å². The zero-order chi connectivity index (χ0) is 15.0. The minimum absolute atomic E-state index is 0.403. The second-order valence-electron chi connectivity index (χ2n) is 4.41. The first-order valence-corrected chi connectivity index (χ1v) is 6.86. The minimum Gasteiger partial charge on any atom is -0.465 e. The van der Waals surface area contributed by atoms with Crippen molar-refractivity contribution in [3.05, 3.63) is 58.5 Å². The number of benzene rings is 1. The van der Waals surface area contributed by atoms with Crippen LogP contribution in [0.25, 0.3) is 16.8 Å². The molecule has 2 aromatic heterocycles. The molecular weight excluding hydrogens is 311 g/mol. The highest BCUT2D eigenvalue weighted by atomic mass is 35.5. The van der Waals surface area contributed by atoms with Gasteiger partial charge in [0.1, 0.15) is 5.65 Å². The van der Waals surface area contributed by atoms with Crippen LogP contribution in [0.1, 0.15) is 10.4 Å². The summed E-state index contributed by atoms with van der Waals surface area (Å²) >= 11 is 12.2. The summed E-state index contributed by atoms with van der Waals surface area (Å²) in [7, 11) is 1.34. The summed E-state index contributed by atoms with van der Waals surface area (Å²) in [5, 5.41) is 0.999. The Morgan fingerprint density at radius 3 is 2.76 bits per heavy atom. The number of hydrogen-bond donors (Lipinski definition) is 0. The van der Waals surface area contributed by atoms with Crippen LogP contribution < -0.4 is 0 Å². The molecule has 3 rings (SSSR count). The van der Waals surface area contributed by atoms with Gasteiger partial charge in [0.2, 0.25) is 0 Å². The summed E-state index contributed by atoms with van der Waals surface area (Å²) < 4.78 is 6.65. The molecule has 3 aromatic rings. The molecule has 0 saturated carbocycles. The maximum atomic E-state index is 12.0. The van der Waals surface area contributed by atoms with Crippen molar-refractivity contribution < 1.29 is 9.53 Å². The molecule has 0 aliphatic heterocycles. The van der Waals surface area contributed by atoms with E-state index in [1.165, 1.54) is 7.11 Å². The summed E-state index contributed by atoms with van der Waals surface area (Å²) in [5.41, 5.74) is 2.43. The van der Waals surface area contributed by atoms with Crippen LogP contribution in [0.5, 0.6) is 0 Å². The number of imidazole rings is 1. The summed E-state index contributed by atoms with van der Waals surface area (Å²) in [6.45, 7) is 0. The van der Waals surface area contributed by atoms with E-state index in [2.05, 4.69) is 4.98 Å². The van der Waals surface area contributed by atoms with Crippen molar-refractivity contribution in [3.63, 3.8) is 0 Å². The van der Waals surface area contributed by atoms with Gasteiger partial charge in [-0.15, -0.1) is 0 Å².